The van der Waals surface area contributed by atoms with Gasteiger partial charge in [-0.15, -0.1) is 0 Å². The summed E-state index contributed by atoms with van der Waals surface area (Å²) in [6.45, 7) is 14.7. The molecule has 1 aromatic heterocycles. The van der Waals surface area contributed by atoms with E-state index >= 15 is 0 Å². The lowest BCUT2D eigenvalue weighted by Crippen LogP contribution is -2.54. The normalized spacial score (nSPS) is 23.5. The third-order valence-corrected chi connectivity index (χ3v) is 7.59. The Morgan fingerprint density at radius 2 is 2.00 bits per heavy atom. The van der Waals surface area contributed by atoms with Crippen LogP contribution in [0.4, 0.5) is 11.5 Å². The second-order valence-corrected chi connectivity index (χ2v) is 9.92. The van der Waals surface area contributed by atoms with Crippen LogP contribution in [0, 0.1) is 12.0 Å². The van der Waals surface area contributed by atoms with Crippen LogP contribution in [0.5, 0.6) is 11.5 Å². The first-order valence-electron chi connectivity index (χ1n) is 12.3. The number of rotatable bonds is 8. The summed E-state index contributed by atoms with van der Waals surface area (Å²) in [7, 11) is 1.60. The Labute approximate surface area is 212 Å². The Morgan fingerprint density at radius 3 is 2.58 bits per heavy atom. The van der Waals surface area contributed by atoms with E-state index in [1.165, 1.54) is 0 Å². The molecule has 0 saturated carbocycles. The van der Waals surface area contributed by atoms with Crippen LogP contribution in [-0.2, 0) is 4.79 Å². The summed E-state index contributed by atoms with van der Waals surface area (Å²) in [5.41, 5.74) is 0.878. The third kappa shape index (κ3) is 4.84. The van der Waals surface area contributed by atoms with Crippen molar-refractivity contribution in [2.75, 3.05) is 38.2 Å². The van der Waals surface area contributed by atoms with E-state index in [1.54, 1.807) is 38.1 Å². The van der Waals surface area contributed by atoms with Crippen molar-refractivity contribution in [3.63, 3.8) is 0 Å². The van der Waals surface area contributed by atoms with Crippen LogP contribution in [0.25, 0.3) is 4.85 Å². The van der Waals surface area contributed by atoms with Crippen molar-refractivity contribution in [2.24, 2.45) is 5.41 Å². The largest absolute Gasteiger partial charge is 0.493 e. The summed E-state index contributed by atoms with van der Waals surface area (Å²) >= 11 is 0. The molecule has 2 aromatic rings. The van der Waals surface area contributed by atoms with Crippen molar-refractivity contribution in [1.29, 1.82) is 0 Å². The molecule has 9 heteroatoms. The van der Waals surface area contributed by atoms with Gasteiger partial charge in [0.15, 0.2) is 11.5 Å². The average Bonchev–Trinajstić information content (AvgIpc) is 3.23. The number of amides is 1. The van der Waals surface area contributed by atoms with Crippen LogP contribution in [-0.4, -0.2) is 77.6 Å². The molecule has 36 heavy (non-hydrogen) atoms. The fourth-order valence-corrected chi connectivity index (χ4v) is 4.99. The lowest BCUT2D eigenvalue weighted by atomic mass is 9.72. The van der Waals surface area contributed by atoms with Crippen LogP contribution in [0.1, 0.15) is 38.7 Å². The SMILES string of the molecule is [C-]#[N+]c1ccc(N2CC(Oc3cc([C@@H]4CN(C(=O)[C@@H](O)CC)C[C@@]4(C)[C@@H](C)O)ccc3OC)C2)nc1. The molecule has 192 valence electrons. The second-order valence-electron chi connectivity index (χ2n) is 9.92. The zero-order valence-electron chi connectivity index (χ0n) is 21.2. The van der Waals surface area contributed by atoms with Gasteiger partial charge in [0.05, 0.1) is 32.9 Å². The summed E-state index contributed by atoms with van der Waals surface area (Å²) in [5, 5.41) is 20.8. The highest BCUT2D eigenvalue weighted by Crippen LogP contribution is 2.47. The van der Waals surface area contributed by atoms with Gasteiger partial charge < -0.3 is 29.5 Å². The maximum Gasteiger partial charge on any atom is 0.251 e. The number of carbonyl (C=O) groups is 1. The molecule has 4 atom stereocenters. The van der Waals surface area contributed by atoms with Gasteiger partial charge in [0.2, 0.25) is 5.69 Å². The molecular formula is C27H34N4O5. The number of aliphatic hydroxyl groups is 2. The van der Waals surface area contributed by atoms with E-state index in [4.69, 9.17) is 16.0 Å². The number of anilines is 1. The smallest absolute Gasteiger partial charge is 0.251 e. The average molecular weight is 495 g/mol. The Bertz CT molecular complexity index is 1130. The number of pyridine rings is 1. The van der Waals surface area contributed by atoms with Gasteiger partial charge >= 0.3 is 0 Å². The lowest BCUT2D eigenvalue weighted by Gasteiger charge is -2.40. The van der Waals surface area contributed by atoms with E-state index in [9.17, 15) is 15.0 Å². The van der Waals surface area contributed by atoms with Crippen molar-refractivity contribution in [3.8, 4) is 11.5 Å². The van der Waals surface area contributed by atoms with E-state index in [2.05, 4.69) is 14.7 Å². The topological polar surface area (TPSA) is 99.7 Å². The Balaban J connectivity index is 1.51. The molecule has 4 rings (SSSR count). The number of aromatic nitrogens is 1. The predicted octanol–water partition coefficient (Wildman–Crippen LogP) is 2.99. The zero-order chi connectivity index (χ0) is 26.0. The fourth-order valence-electron chi connectivity index (χ4n) is 4.99. The number of carbonyl (C=O) groups excluding carboxylic acids is 1. The molecular weight excluding hydrogens is 460 g/mol. The number of hydrogen-bond donors (Lipinski definition) is 2. The van der Waals surface area contributed by atoms with E-state index in [1.807, 2.05) is 31.2 Å². The molecule has 0 unspecified atom stereocenters. The summed E-state index contributed by atoms with van der Waals surface area (Å²) in [6, 6.07) is 9.35. The molecule has 2 saturated heterocycles. The van der Waals surface area contributed by atoms with Crippen LogP contribution in [0.3, 0.4) is 0 Å². The minimum absolute atomic E-state index is 0.0546. The number of aliphatic hydroxyl groups excluding tert-OH is 2. The van der Waals surface area contributed by atoms with Crippen LogP contribution < -0.4 is 14.4 Å². The molecule has 1 aromatic carbocycles. The van der Waals surface area contributed by atoms with E-state index in [0.717, 1.165) is 11.4 Å². The monoisotopic (exact) mass is 494 g/mol. The fraction of sp³-hybridized carbons (Fsp3) is 0.519. The van der Waals surface area contributed by atoms with Gasteiger partial charge in [0, 0.05) is 30.6 Å². The van der Waals surface area contributed by atoms with Crippen molar-refractivity contribution in [3.05, 3.63) is 53.5 Å². The van der Waals surface area contributed by atoms with Crippen LogP contribution in [0.15, 0.2) is 36.5 Å². The first-order valence-corrected chi connectivity index (χ1v) is 12.3. The number of methoxy groups -OCH3 is 1. The van der Waals surface area contributed by atoms with E-state index < -0.39 is 17.6 Å². The van der Waals surface area contributed by atoms with Gasteiger partial charge in [-0.2, -0.15) is 0 Å². The van der Waals surface area contributed by atoms with Crippen molar-refractivity contribution >= 4 is 17.4 Å². The van der Waals surface area contributed by atoms with Crippen LogP contribution >= 0.6 is 0 Å². The summed E-state index contributed by atoms with van der Waals surface area (Å²) in [6.07, 6.45) is 0.166. The first-order chi connectivity index (χ1) is 17.2. The molecule has 2 N–H and O–H groups in total. The second kappa shape index (κ2) is 10.3. The highest BCUT2D eigenvalue weighted by atomic mass is 16.5. The minimum Gasteiger partial charge on any atom is -0.493 e. The predicted molar refractivity (Wildman–Crippen MR) is 136 cm³/mol. The quantitative estimate of drug-likeness (QED) is 0.544. The summed E-state index contributed by atoms with van der Waals surface area (Å²) in [5.74, 6) is 1.59. The van der Waals surface area contributed by atoms with Crippen molar-refractivity contribution in [1.82, 2.24) is 9.88 Å². The van der Waals surface area contributed by atoms with Gasteiger partial charge in [-0.1, -0.05) is 26.0 Å². The van der Waals surface area contributed by atoms with Gasteiger partial charge in [-0.05, 0) is 37.1 Å². The van der Waals surface area contributed by atoms with Crippen molar-refractivity contribution < 1.29 is 24.5 Å². The maximum atomic E-state index is 12.7. The number of ether oxygens (including phenoxy) is 2. The van der Waals surface area contributed by atoms with Crippen molar-refractivity contribution in [2.45, 2.75) is 51.4 Å². The molecule has 2 fully saturated rings. The van der Waals surface area contributed by atoms with Gasteiger partial charge in [0.1, 0.15) is 18.0 Å². The molecule has 1 amide bonds. The Kier molecular flexibility index (Phi) is 7.38. The molecule has 9 nitrogen and oxygen atoms in total. The maximum absolute atomic E-state index is 12.7. The van der Waals surface area contributed by atoms with Gasteiger partial charge in [-0.25, -0.2) is 4.85 Å². The molecule has 2 aliphatic rings. The highest BCUT2D eigenvalue weighted by Gasteiger charge is 2.49. The summed E-state index contributed by atoms with van der Waals surface area (Å²) in [4.78, 5) is 24.2. The van der Waals surface area contributed by atoms with Gasteiger partial charge in [0.25, 0.3) is 5.91 Å². The molecule has 0 bridgehead atoms. The van der Waals surface area contributed by atoms with E-state index in [-0.39, 0.29) is 17.9 Å². The molecule has 0 radical (unpaired) electrons. The Morgan fingerprint density at radius 1 is 1.25 bits per heavy atom. The zero-order valence-corrected chi connectivity index (χ0v) is 21.2. The molecule has 2 aliphatic heterocycles. The standard InChI is InChI=1S/C27H34N4O5/c1-6-22(33)26(34)31-15-21(27(3,16-31)17(2)32)18-7-9-23(35-5)24(11-18)36-20-13-30(14-20)25-10-8-19(28-4)12-29-25/h7-12,17,20-22,32-33H,6,13-16H2,1-3,5H3/t17-,21+,22+,27+/m1/s1. The van der Waals surface area contributed by atoms with Gasteiger partial charge in [-0.3, -0.25) is 9.78 Å². The molecule has 0 spiro atoms. The third-order valence-electron chi connectivity index (χ3n) is 7.59. The molecule has 0 aliphatic carbocycles. The molecule has 3 heterocycles. The summed E-state index contributed by atoms with van der Waals surface area (Å²) < 4.78 is 11.8. The van der Waals surface area contributed by atoms with E-state index in [0.29, 0.717) is 49.8 Å². The number of benzene rings is 1. The minimum atomic E-state index is -1.04. The van der Waals surface area contributed by atoms with Crippen LogP contribution in [0.2, 0.25) is 0 Å². The number of hydrogen-bond acceptors (Lipinski definition) is 7. The number of likely N-dealkylation sites (tertiary alicyclic amines) is 1. The highest BCUT2D eigenvalue weighted by molar-refractivity contribution is 5.81. The first kappa shape index (κ1) is 25.7. The lowest BCUT2D eigenvalue weighted by molar-refractivity contribution is -0.139. The Hall–Kier alpha value is -3.35. The number of nitrogens with zero attached hydrogens (tertiary/aromatic N) is 4.